The van der Waals surface area contributed by atoms with Gasteiger partial charge in [0.2, 0.25) is 5.60 Å². The van der Waals surface area contributed by atoms with Crippen molar-refractivity contribution in [3.05, 3.63) is 44.8 Å². The standard InChI is InChI=1S/C20H24NO4S2/c1-21(2)8-7-12(11-13-16(21)18-17(13)25-18)24-19(22)20(23,14-5-3-9-26-14)15-6-4-10-27-15/h3-6,9-10,12-13,16-18,23H,7-8,11H2,1-2H3/q+1/t12-,13?,16-,17+,18?/m0/s1. The summed E-state index contributed by atoms with van der Waals surface area (Å²) >= 11 is 2.75. The van der Waals surface area contributed by atoms with E-state index in [9.17, 15) is 9.90 Å². The normalized spacial score (nSPS) is 34.0. The molecule has 1 saturated carbocycles. The predicted octanol–water partition coefficient (Wildman–Crippen LogP) is 2.59. The highest BCUT2D eigenvalue weighted by atomic mass is 32.1. The minimum Gasteiger partial charge on any atom is -0.459 e. The van der Waals surface area contributed by atoms with Crippen LogP contribution >= 0.6 is 22.7 Å². The fraction of sp³-hybridized carbons (Fsp3) is 0.550. The Balaban J connectivity index is 1.39. The first-order valence-electron chi connectivity index (χ1n) is 9.41. The smallest absolute Gasteiger partial charge is 0.349 e. The Hall–Kier alpha value is -1.25. The lowest BCUT2D eigenvalue weighted by Crippen LogP contribution is -2.61. The van der Waals surface area contributed by atoms with Gasteiger partial charge < -0.3 is 19.1 Å². The van der Waals surface area contributed by atoms with Gasteiger partial charge in [0.15, 0.2) is 0 Å². The number of carbonyl (C=O) groups is 1. The van der Waals surface area contributed by atoms with E-state index in [1.807, 2.05) is 22.9 Å². The monoisotopic (exact) mass is 406 g/mol. The maximum atomic E-state index is 13.2. The number of hydrogen-bond acceptors (Lipinski definition) is 6. The average Bonchev–Trinajstić information content (AvgIpc) is 3.07. The molecule has 0 amide bonds. The molecule has 0 aromatic carbocycles. The number of epoxide rings is 1. The topological polar surface area (TPSA) is 59.1 Å². The van der Waals surface area contributed by atoms with Gasteiger partial charge in [-0.05, 0) is 29.3 Å². The van der Waals surface area contributed by atoms with Crippen molar-refractivity contribution < 1.29 is 23.9 Å². The first-order valence-corrected chi connectivity index (χ1v) is 11.2. The zero-order valence-corrected chi connectivity index (χ0v) is 17.0. The minimum atomic E-state index is -1.73. The van der Waals surface area contributed by atoms with Crippen molar-refractivity contribution >= 4 is 28.6 Å². The Morgan fingerprint density at radius 1 is 1.22 bits per heavy atom. The molecule has 5 atom stereocenters. The maximum absolute atomic E-state index is 13.2. The van der Waals surface area contributed by atoms with Crippen LogP contribution in [0.2, 0.25) is 0 Å². The van der Waals surface area contributed by atoms with Crippen molar-refractivity contribution in [2.75, 3.05) is 20.6 Å². The van der Waals surface area contributed by atoms with Gasteiger partial charge in [0, 0.05) is 12.3 Å². The van der Waals surface area contributed by atoms with Gasteiger partial charge in [0.1, 0.15) is 18.2 Å². The van der Waals surface area contributed by atoms with Gasteiger partial charge in [0.25, 0.3) is 0 Å². The molecule has 144 valence electrons. The molecule has 4 heterocycles. The molecule has 7 heteroatoms. The van der Waals surface area contributed by atoms with Gasteiger partial charge in [-0.1, -0.05) is 12.1 Å². The molecule has 2 aliphatic heterocycles. The molecule has 0 spiro atoms. The van der Waals surface area contributed by atoms with Gasteiger partial charge in [-0.2, -0.15) is 0 Å². The molecular weight excluding hydrogens is 382 g/mol. The van der Waals surface area contributed by atoms with Gasteiger partial charge in [-0.15, -0.1) is 22.7 Å². The molecule has 27 heavy (non-hydrogen) atoms. The van der Waals surface area contributed by atoms with E-state index in [0.717, 1.165) is 23.9 Å². The van der Waals surface area contributed by atoms with Gasteiger partial charge in [-0.3, -0.25) is 0 Å². The highest BCUT2D eigenvalue weighted by Crippen LogP contribution is 2.54. The van der Waals surface area contributed by atoms with E-state index in [1.54, 1.807) is 12.1 Å². The number of fused-ring (bicyclic) bond motifs is 4. The average molecular weight is 407 g/mol. The third-order valence-electron chi connectivity index (χ3n) is 6.45. The zero-order valence-electron chi connectivity index (χ0n) is 15.4. The Morgan fingerprint density at radius 2 is 1.89 bits per heavy atom. The van der Waals surface area contributed by atoms with Crippen LogP contribution in [-0.2, 0) is 19.9 Å². The molecule has 3 fully saturated rings. The van der Waals surface area contributed by atoms with Crippen molar-refractivity contribution in [2.24, 2.45) is 5.92 Å². The van der Waals surface area contributed by atoms with Crippen molar-refractivity contribution in [1.82, 2.24) is 0 Å². The second kappa shape index (κ2) is 6.12. The second-order valence-electron chi connectivity index (χ2n) is 8.44. The first kappa shape index (κ1) is 17.8. The number of hydrogen-bond donors (Lipinski definition) is 1. The minimum absolute atomic E-state index is 0.179. The van der Waals surface area contributed by atoms with Crippen LogP contribution < -0.4 is 0 Å². The molecule has 2 unspecified atom stereocenters. The largest absolute Gasteiger partial charge is 0.459 e. The fourth-order valence-electron chi connectivity index (χ4n) is 4.92. The maximum Gasteiger partial charge on any atom is 0.349 e. The third kappa shape index (κ3) is 2.71. The zero-order chi connectivity index (χ0) is 18.8. The summed E-state index contributed by atoms with van der Waals surface area (Å²) in [6, 6.07) is 7.79. The van der Waals surface area contributed by atoms with Crippen molar-refractivity contribution in [3.63, 3.8) is 0 Å². The Labute approximate surface area is 166 Å². The van der Waals surface area contributed by atoms with E-state index in [1.165, 1.54) is 22.7 Å². The van der Waals surface area contributed by atoms with Crippen LogP contribution in [0.1, 0.15) is 22.6 Å². The van der Waals surface area contributed by atoms with Crippen molar-refractivity contribution in [3.8, 4) is 0 Å². The molecular formula is C20H24NO4S2+. The first-order chi connectivity index (χ1) is 12.9. The highest BCUT2D eigenvalue weighted by molar-refractivity contribution is 7.12. The van der Waals surface area contributed by atoms with Gasteiger partial charge >= 0.3 is 5.97 Å². The number of rotatable bonds is 4. The summed E-state index contributed by atoms with van der Waals surface area (Å²) in [7, 11) is 4.49. The number of likely N-dealkylation sites (tertiary alicyclic amines) is 1. The van der Waals surface area contributed by atoms with E-state index in [-0.39, 0.29) is 6.10 Å². The van der Waals surface area contributed by atoms with E-state index < -0.39 is 11.6 Å². The lowest BCUT2D eigenvalue weighted by molar-refractivity contribution is -0.921. The second-order valence-corrected chi connectivity index (χ2v) is 10.3. The summed E-state index contributed by atoms with van der Waals surface area (Å²) in [5.74, 6) is -0.115. The molecule has 0 bridgehead atoms. The summed E-state index contributed by atoms with van der Waals surface area (Å²) in [6.45, 7) is 0.947. The molecule has 1 aliphatic carbocycles. The molecule has 3 aliphatic rings. The summed E-state index contributed by atoms with van der Waals surface area (Å²) < 4.78 is 12.7. The fourth-order valence-corrected chi connectivity index (χ4v) is 6.63. The van der Waals surface area contributed by atoms with Gasteiger partial charge in [0.05, 0.1) is 36.5 Å². The number of likely N-dealkylation sites (N-methyl/N-ethyl adjacent to an activating group) is 1. The summed E-state index contributed by atoms with van der Waals surface area (Å²) in [5.41, 5.74) is -1.73. The Kier molecular flexibility index (Phi) is 4.04. The van der Waals surface area contributed by atoms with Crippen LogP contribution in [0.4, 0.5) is 0 Å². The molecule has 5 rings (SSSR count). The molecule has 2 aromatic heterocycles. The molecule has 5 nitrogen and oxygen atoms in total. The van der Waals surface area contributed by atoms with E-state index in [0.29, 0.717) is 33.9 Å². The van der Waals surface area contributed by atoms with Crippen LogP contribution in [0.25, 0.3) is 0 Å². The molecule has 2 aromatic rings. The lowest BCUT2D eigenvalue weighted by Gasteiger charge is -2.43. The lowest BCUT2D eigenvalue weighted by atomic mass is 9.75. The number of ether oxygens (including phenoxy) is 2. The SMILES string of the molecule is C[N+]1(C)CC[C@H](OC(=O)C(O)(c2cccs2)c2cccs2)CC2[C@H]3OC3[C@H]21. The van der Waals surface area contributed by atoms with E-state index in [2.05, 4.69) is 14.1 Å². The highest BCUT2D eigenvalue weighted by Gasteiger charge is 2.71. The Morgan fingerprint density at radius 3 is 2.48 bits per heavy atom. The van der Waals surface area contributed by atoms with E-state index in [4.69, 9.17) is 9.47 Å². The van der Waals surface area contributed by atoms with Gasteiger partial charge in [-0.25, -0.2) is 4.79 Å². The number of nitrogens with zero attached hydrogens (tertiary/aromatic N) is 1. The van der Waals surface area contributed by atoms with Crippen molar-refractivity contribution in [2.45, 2.75) is 42.8 Å². The van der Waals surface area contributed by atoms with Crippen molar-refractivity contribution in [1.29, 1.82) is 0 Å². The number of carbonyl (C=O) groups excluding carboxylic acids is 1. The number of thiophene rings is 2. The third-order valence-corrected chi connectivity index (χ3v) is 8.41. The predicted molar refractivity (Wildman–Crippen MR) is 104 cm³/mol. The quantitative estimate of drug-likeness (QED) is 0.482. The van der Waals surface area contributed by atoms with Crippen LogP contribution in [0.15, 0.2) is 35.0 Å². The molecule has 1 N–H and O–H groups in total. The molecule has 0 radical (unpaired) electrons. The molecule has 2 saturated heterocycles. The van der Waals surface area contributed by atoms with Crippen LogP contribution in [0, 0.1) is 5.92 Å². The summed E-state index contributed by atoms with van der Waals surface area (Å²) in [6.07, 6.45) is 2.20. The Bertz CT molecular complexity index is 798. The van der Waals surface area contributed by atoms with Crippen LogP contribution in [0.3, 0.4) is 0 Å². The van der Waals surface area contributed by atoms with Crippen LogP contribution in [-0.4, -0.2) is 60.6 Å². The number of aliphatic hydroxyl groups is 1. The summed E-state index contributed by atoms with van der Waals surface area (Å²) in [5, 5.41) is 15.2. The number of esters is 1. The van der Waals surface area contributed by atoms with Crippen LogP contribution in [0.5, 0.6) is 0 Å². The van der Waals surface area contributed by atoms with E-state index >= 15 is 0 Å². The summed E-state index contributed by atoms with van der Waals surface area (Å²) in [4.78, 5) is 14.4. The number of quaternary nitrogens is 1.